The molecule has 7 heteroatoms. The standard InChI is InChI=1S/C2H2Cl3NO2.H2O/c3-2(4,5)1(7)8-6;/h6H2;1H2. The van der Waals surface area contributed by atoms with Gasteiger partial charge in [0, 0.05) is 0 Å². The predicted octanol–water partition coefficient (Wildman–Crippen LogP) is -0.0512. The Kier molecular flexibility index (Phi) is 5.51. The Morgan fingerprint density at radius 2 is 1.78 bits per heavy atom. The first-order valence-corrected chi connectivity index (χ1v) is 2.59. The monoisotopic (exact) mass is 195 g/mol. The lowest BCUT2D eigenvalue weighted by Gasteiger charge is -2.04. The van der Waals surface area contributed by atoms with Crippen LogP contribution in [0, 0.1) is 0 Å². The van der Waals surface area contributed by atoms with Crippen LogP contribution >= 0.6 is 34.8 Å². The quantitative estimate of drug-likeness (QED) is 0.435. The zero-order valence-corrected chi connectivity index (χ0v) is 6.30. The van der Waals surface area contributed by atoms with Gasteiger partial charge in [-0.05, 0) is 0 Å². The van der Waals surface area contributed by atoms with E-state index in [2.05, 4.69) is 10.7 Å². The summed E-state index contributed by atoms with van der Waals surface area (Å²) in [6, 6.07) is 0. The number of alkyl halides is 3. The maximum absolute atomic E-state index is 10.1. The number of carbonyl (C=O) groups excluding carboxylic acids is 1. The molecule has 56 valence electrons. The van der Waals surface area contributed by atoms with Crippen molar-refractivity contribution in [1.82, 2.24) is 0 Å². The summed E-state index contributed by atoms with van der Waals surface area (Å²) in [4.78, 5) is 13.7. The van der Waals surface area contributed by atoms with Crippen molar-refractivity contribution in [2.45, 2.75) is 3.79 Å². The normalized spacial score (nSPS) is 9.78. The molecule has 0 heterocycles. The molecule has 0 unspecified atom stereocenters. The largest absolute Gasteiger partial charge is 0.412 e. The fraction of sp³-hybridized carbons (Fsp3) is 0.500. The SMILES string of the molecule is NOC(=O)C(Cl)(Cl)Cl.O. The molecule has 0 aliphatic carbocycles. The van der Waals surface area contributed by atoms with Gasteiger partial charge in [-0.15, -0.1) is 0 Å². The Balaban J connectivity index is 0. The van der Waals surface area contributed by atoms with Crippen LogP contribution < -0.4 is 5.90 Å². The first-order chi connectivity index (χ1) is 3.48. The van der Waals surface area contributed by atoms with Crippen LogP contribution in [0.3, 0.4) is 0 Å². The van der Waals surface area contributed by atoms with Crippen molar-refractivity contribution in [1.29, 1.82) is 0 Å². The second kappa shape index (κ2) is 4.14. The van der Waals surface area contributed by atoms with Crippen molar-refractivity contribution in [3.8, 4) is 0 Å². The van der Waals surface area contributed by atoms with Gasteiger partial charge in [-0.3, -0.25) is 0 Å². The maximum atomic E-state index is 10.1. The number of hydrogen-bond acceptors (Lipinski definition) is 3. The highest BCUT2D eigenvalue weighted by atomic mass is 35.6. The number of carbonyl (C=O) groups is 1. The van der Waals surface area contributed by atoms with Crippen LogP contribution in [-0.4, -0.2) is 15.2 Å². The molecule has 0 saturated carbocycles. The van der Waals surface area contributed by atoms with Gasteiger partial charge < -0.3 is 10.3 Å². The Morgan fingerprint density at radius 1 is 1.44 bits per heavy atom. The van der Waals surface area contributed by atoms with Crippen molar-refractivity contribution >= 4 is 40.8 Å². The van der Waals surface area contributed by atoms with Gasteiger partial charge in [-0.25, -0.2) is 4.79 Å². The van der Waals surface area contributed by atoms with Crippen molar-refractivity contribution in [2.75, 3.05) is 0 Å². The zero-order valence-electron chi connectivity index (χ0n) is 4.03. The van der Waals surface area contributed by atoms with E-state index in [4.69, 9.17) is 34.8 Å². The van der Waals surface area contributed by atoms with Gasteiger partial charge in [0.2, 0.25) is 0 Å². The molecule has 4 nitrogen and oxygen atoms in total. The Bertz CT molecular complexity index is 99.7. The molecule has 9 heavy (non-hydrogen) atoms. The topological polar surface area (TPSA) is 83.8 Å². The molecule has 0 aromatic rings. The second-order valence-corrected chi connectivity index (χ2v) is 3.18. The van der Waals surface area contributed by atoms with Crippen molar-refractivity contribution in [2.24, 2.45) is 5.90 Å². The third-order valence-electron chi connectivity index (χ3n) is 0.338. The molecule has 0 aliphatic heterocycles. The van der Waals surface area contributed by atoms with Gasteiger partial charge in [0.1, 0.15) is 0 Å². The van der Waals surface area contributed by atoms with Gasteiger partial charge in [0.15, 0.2) is 0 Å². The molecule has 0 saturated heterocycles. The fourth-order valence-corrected chi connectivity index (χ4v) is 0.200. The van der Waals surface area contributed by atoms with E-state index in [0.29, 0.717) is 0 Å². The summed E-state index contributed by atoms with van der Waals surface area (Å²) in [5, 5.41) is 0. The summed E-state index contributed by atoms with van der Waals surface area (Å²) in [5.41, 5.74) is 0. The second-order valence-electron chi connectivity index (χ2n) is 0.903. The van der Waals surface area contributed by atoms with Crippen molar-refractivity contribution in [3.05, 3.63) is 0 Å². The third-order valence-corrected chi connectivity index (χ3v) is 0.801. The molecule has 0 rings (SSSR count). The molecule has 0 bridgehead atoms. The van der Waals surface area contributed by atoms with Crippen LogP contribution in [-0.2, 0) is 9.63 Å². The minimum absolute atomic E-state index is 0. The van der Waals surface area contributed by atoms with Gasteiger partial charge in [-0.1, -0.05) is 34.8 Å². The molecular weight excluding hydrogens is 192 g/mol. The highest BCUT2D eigenvalue weighted by Gasteiger charge is 2.32. The lowest BCUT2D eigenvalue weighted by atomic mass is 10.8. The van der Waals surface area contributed by atoms with Crippen LogP contribution in [0.25, 0.3) is 0 Å². The molecule has 0 aromatic heterocycles. The Hall–Kier alpha value is 0.260. The molecule has 0 aliphatic rings. The van der Waals surface area contributed by atoms with E-state index in [1.165, 1.54) is 0 Å². The third kappa shape index (κ3) is 4.74. The first kappa shape index (κ1) is 12.0. The summed E-state index contributed by atoms with van der Waals surface area (Å²) < 4.78 is -2.06. The fourth-order valence-electron chi connectivity index (χ4n) is 0.0668. The smallest absolute Gasteiger partial charge is 0.376 e. The molecular formula is C2H4Cl3NO3. The van der Waals surface area contributed by atoms with Crippen molar-refractivity contribution in [3.63, 3.8) is 0 Å². The number of hydrogen-bond donors (Lipinski definition) is 1. The first-order valence-electron chi connectivity index (χ1n) is 1.46. The summed E-state index contributed by atoms with van der Waals surface area (Å²) >= 11 is 14.9. The summed E-state index contributed by atoms with van der Waals surface area (Å²) in [5.74, 6) is 3.26. The van der Waals surface area contributed by atoms with E-state index in [-0.39, 0.29) is 5.48 Å². The zero-order chi connectivity index (χ0) is 6.78. The molecule has 0 radical (unpaired) electrons. The number of halogens is 3. The highest BCUT2D eigenvalue weighted by molar-refractivity contribution is 6.75. The molecule has 0 atom stereocenters. The van der Waals surface area contributed by atoms with E-state index in [9.17, 15) is 4.79 Å². The molecule has 0 amide bonds. The van der Waals surface area contributed by atoms with Crippen LogP contribution in [0.4, 0.5) is 0 Å². The average molecular weight is 196 g/mol. The maximum Gasteiger partial charge on any atom is 0.376 e. The van der Waals surface area contributed by atoms with E-state index in [0.717, 1.165) is 0 Å². The minimum Gasteiger partial charge on any atom is -0.412 e. The Labute approximate surface area is 66.1 Å². The van der Waals surface area contributed by atoms with E-state index in [1.54, 1.807) is 0 Å². The van der Waals surface area contributed by atoms with Gasteiger partial charge in [-0.2, -0.15) is 5.90 Å². The average Bonchev–Trinajstić information content (AvgIpc) is 1.62. The lowest BCUT2D eigenvalue weighted by molar-refractivity contribution is -0.143. The van der Waals surface area contributed by atoms with Crippen LogP contribution in [0.5, 0.6) is 0 Å². The number of rotatable bonds is 0. The number of nitrogens with two attached hydrogens (primary N) is 1. The summed E-state index contributed by atoms with van der Waals surface area (Å²) in [6.07, 6.45) is 0. The van der Waals surface area contributed by atoms with Crippen molar-refractivity contribution < 1.29 is 15.1 Å². The minimum atomic E-state index is -2.06. The van der Waals surface area contributed by atoms with Crippen LogP contribution in [0.1, 0.15) is 0 Å². The van der Waals surface area contributed by atoms with E-state index >= 15 is 0 Å². The van der Waals surface area contributed by atoms with E-state index < -0.39 is 9.76 Å². The molecule has 0 fully saturated rings. The Morgan fingerprint density at radius 3 is 1.78 bits per heavy atom. The predicted molar refractivity (Wildman–Crippen MR) is 34.2 cm³/mol. The lowest BCUT2D eigenvalue weighted by Crippen LogP contribution is -2.24. The van der Waals surface area contributed by atoms with Gasteiger partial charge >= 0.3 is 5.97 Å². The molecule has 0 spiro atoms. The molecule has 0 aromatic carbocycles. The summed E-state index contributed by atoms with van der Waals surface area (Å²) in [7, 11) is 0. The molecule has 4 N–H and O–H groups in total. The highest BCUT2D eigenvalue weighted by Crippen LogP contribution is 2.26. The summed E-state index contributed by atoms with van der Waals surface area (Å²) in [6.45, 7) is 0. The van der Waals surface area contributed by atoms with Gasteiger partial charge in [0.05, 0.1) is 0 Å². The van der Waals surface area contributed by atoms with Crippen LogP contribution in [0.15, 0.2) is 0 Å². The van der Waals surface area contributed by atoms with E-state index in [1.807, 2.05) is 0 Å². The van der Waals surface area contributed by atoms with Crippen LogP contribution in [0.2, 0.25) is 0 Å². The van der Waals surface area contributed by atoms with Gasteiger partial charge in [0.25, 0.3) is 3.79 Å².